The number of halogens is 1. The molecule has 2 aromatic rings. The van der Waals surface area contributed by atoms with Gasteiger partial charge in [-0.1, -0.05) is 23.7 Å². The number of likely N-dealkylation sites (N-methyl/N-ethyl adjacent to an activating group) is 1. The Hall–Kier alpha value is -2.62. The first kappa shape index (κ1) is 23.7. The number of nitrogens with one attached hydrogen (secondary N) is 2. The van der Waals surface area contributed by atoms with Crippen molar-refractivity contribution in [1.29, 1.82) is 0 Å². The second-order valence-electron chi connectivity index (χ2n) is 6.29. The maximum Gasteiger partial charge on any atom is 0.243 e. The number of carbonyl (C=O) groups is 2. The number of sulfonamides is 1. The van der Waals surface area contributed by atoms with E-state index in [9.17, 15) is 18.0 Å². The average Bonchev–Trinajstić information content (AvgIpc) is 2.71. The highest BCUT2D eigenvalue weighted by molar-refractivity contribution is 7.89. The first-order valence-corrected chi connectivity index (χ1v) is 11.1. The van der Waals surface area contributed by atoms with Crippen LogP contribution in [0.2, 0.25) is 5.02 Å². The Morgan fingerprint density at radius 1 is 1.13 bits per heavy atom. The van der Waals surface area contributed by atoms with Crippen molar-refractivity contribution in [2.24, 2.45) is 0 Å². The molecule has 0 saturated heterocycles. The molecule has 2 rings (SSSR count). The molecule has 0 unspecified atom stereocenters. The van der Waals surface area contributed by atoms with Crippen LogP contribution in [0.25, 0.3) is 0 Å². The van der Waals surface area contributed by atoms with E-state index in [4.69, 9.17) is 16.3 Å². The molecule has 0 saturated carbocycles. The number of nitrogens with zero attached hydrogens (tertiary/aromatic N) is 1. The van der Waals surface area contributed by atoms with Crippen molar-refractivity contribution < 1.29 is 22.7 Å². The van der Waals surface area contributed by atoms with Crippen molar-refractivity contribution in [1.82, 2.24) is 9.62 Å². The molecule has 0 aromatic heterocycles. The molecule has 30 heavy (non-hydrogen) atoms. The lowest BCUT2D eigenvalue weighted by molar-refractivity contribution is -0.134. The topological polar surface area (TPSA) is 105 Å². The normalized spacial score (nSPS) is 11.0. The van der Waals surface area contributed by atoms with Crippen LogP contribution in [0.1, 0.15) is 13.3 Å². The summed E-state index contributed by atoms with van der Waals surface area (Å²) in [6.45, 7) is 1.81. The van der Waals surface area contributed by atoms with Crippen molar-refractivity contribution in [3.63, 3.8) is 0 Å². The number of anilines is 1. The molecule has 2 N–H and O–H groups in total. The van der Waals surface area contributed by atoms with Gasteiger partial charge in [0.05, 0.1) is 18.6 Å². The van der Waals surface area contributed by atoms with E-state index < -0.39 is 10.0 Å². The third-order valence-corrected chi connectivity index (χ3v) is 5.85. The number of methoxy groups -OCH3 is 1. The highest BCUT2D eigenvalue weighted by atomic mass is 35.5. The molecule has 10 heteroatoms. The van der Waals surface area contributed by atoms with Gasteiger partial charge in [0.15, 0.2) is 0 Å². The van der Waals surface area contributed by atoms with Crippen LogP contribution in [0.4, 0.5) is 5.69 Å². The lowest BCUT2D eigenvalue weighted by Gasteiger charge is -2.20. The molecule has 0 spiro atoms. The summed E-state index contributed by atoms with van der Waals surface area (Å²) < 4.78 is 32.0. The van der Waals surface area contributed by atoms with Gasteiger partial charge in [-0.05, 0) is 37.3 Å². The number of carbonyl (C=O) groups excluding carboxylic acids is 2. The van der Waals surface area contributed by atoms with Crippen LogP contribution < -0.4 is 14.8 Å². The maximum absolute atomic E-state index is 12.4. The molecule has 0 fully saturated rings. The van der Waals surface area contributed by atoms with Gasteiger partial charge in [-0.15, -0.1) is 0 Å². The van der Waals surface area contributed by atoms with E-state index in [0.29, 0.717) is 23.0 Å². The van der Waals surface area contributed by atoms with E-state index in [1.807, 2.05) is 0 Å². The molecule has 2 aromatic carbocycles. The van der Waals surface area contributed by atoms with Gasteiger partial charge in [0.1, 0.15) is 5.75 Å². The number of amides is 2. The van der Waals surface area contributed by atoms with Gasteiger partial charge in [0.25, 0.3) is 0 Å². The largest absolute Gasteiger partial charge is 0.497 e. The third kappa shape index (κ3) is 7.01. The Bertz CT molecular complexity index is 997. The van der Waals surface area contributed by atoms with E-state index >= 15 is 0 Å². The van der Waals surface area contributed by atoms with Crippen molar-refractivity contribution >= 4 is 39.1 Å². The fraction of sp³-hybridized carbons (Fsp3) is 0.300. The molecule has 2 amide bonds. The SMILES string of the molecule is CCN(CC(=O)Nc1cccc(OC)c1)C(=O)CCNS(=O)(=O)c1cccc(Cl)c1. The van der Waals surface area contributed by atoms with Gasteiger partial charge in [0, 0.05) is 36.3 Å². The summed E-state index contributed by atoms with van der Waals surface area (Å²) >= 11 is 5.82. The van der Waals surface area contributed by atoms with Gasteiger partial charge in [-0.2, -0.15) is 0 Å². The molecule has 0 bridgehead atoms. The van der Waals surface area contributed by atoms with Crippen LogP contribution in [-0.2, 0) is 19.6 Å². The Labute approximate surface area is 181 Å². The minimum atomic E-state index is -3.78. The second kappa shape index (κ2) is 11.0. The average molecular weight is 454 g/mol. The zero-order valence-electron chi connectivity index (χ0n) is 16.7. The summed E-state index contributed by atoms with van der Waals surface area (Å²) in [5, 5.41) is 3.01. The molecule has 0 aliphatic heterocycles. The number of ether oxygens (including phenoxy) is 1. The maximum atomic E-state index is 12.4. The van der Waals surface area contributed by atoms with Crippen LogP contribution >= 0.6 is 11.6 Å². The highest BCUT2D eigenvalue weighted by Gasteiger charge is 2.18. The fourth-order valence-corrected chi connectivity index (χ4v) is 3.95. The molecule has 0 aliphatic rings. The lowest BCUT2D eigenvalue weighted by Crippen LogP contribution is -2.39. The Morgan fingerprint density at radius 3 is 2.53 bits per heavy atom. The fourth-order valence-electron chi connectivity index (χ4n) is 2.62. The van der Waals surface area contributed by atoms with Gasteiger partial charge >= 0.3 is 0 Å². The summed E-state index contributed by atoms with van der Waals surface area (Å²) in [7, 11) is -2.25. The summed E-state index contributed by atoms with van der Waals surface area (Å²) in [6.07, 6.45) is -0.0833. The Balaban J connectivity index is 1.87. The standard InChI is InChI=1S/C20H24ClN3O5S/c1-3-24(14-19(25)23-16-7-5-8-17(13-16)29-2)20(26)10-11-22-30(27,28)18-9-4-6-15(21)12-18/h4-9,12-13,22H,3,10-11,14H2,1-2H3,(H,23,25). The zero-order valence-corrected chi connectivity index (χ0v) is 18.3. The van der Waals surface area contributed by atoms with Crippen molar-refractivity contribution in [3.05, 3.63) is 53.6 Å². The minimum absolute atomic E-state index is 0.0208. The molecular formula is C20H24ClN3O5S. The molecule has 162 valence electrons. The van der Waals surface area contributed by atoms with Crippen LogP contribution in [0.15, 0.2) is 53.4 Å². The van der Waals surface area contributed by atoms with E-state index in [1.165, 1.54) is 30.2 Å². The quantitative estimate of drug-likeness (QED) is 0.575. The zero-order chi connectivity index (χ0) is 22.1. The van der Waals surface area contributed by atoms with E-state index in [1.54, 1.807) is 37.3 Å². The van der Waals surface area contributed by atoms with Crippen molar-refractivity contribution in [3.8, 4) is 5.75 Å². The molecule has 0 aliphatic carbocycles. The molecular weight excluding hydrogens is 430 g/mol. The molecule has 0 radical (unpaired) electrons. The lowest BCUT2D eigenvalue weighted by atomic mass is 10.3. The third-order valence-electron chi connectivity index (χ3n) is 4.16. The number of rotatable bonds is 10. The summed E-state index contributed by atoms with van der Waals surface area (Å²) in [5.74, 6) is -0.103. The minimum Gasteiger partial charge on any atom is -0.497 e. The summed E-state index contributed by atoms with van der Waals surface area (Å²) in [6, 6.07) is 12.7. The van der Waals surface area contributed by atoms with Crippen molar-refractivity contribution in [2.75, 3.05) is 32.1 Å². The smallest absolute Gasteiger partial charge is 0.243 e. The van der Waals surface area contributed by atoms with Gasteiger partial charge in [-0.25, -0.2) is 13.1 Å². The number of benzene rings is 2. The number of hydrogen-bond donors (Lipinski definition) is 2. The van der Waals surface area contributed by atoms with Crippen LogP contribution in [0, 0.1) is 0 Å². The molecule has 0 atom stereocenters. The Morgan fingerprint density at radius 2 is 1.87 bits per heavy atom. The van der Waals surface area contributed by atoms with Crippen LogP contribution in [0.3, 0.4) is 0 Å². The van der Waals surface area contributed by atoms with Crippen LogP contribution in [-0.4, -0.2) is 51.9 Å². The van der Waals surface area contributed by atoms with Gasteiger partial charge < -0.3 is 15.0 Å². The Kier molecular flexibility index (Phi) is 8.64. The van der Waals surface area contributed by atoms with E-state index in [-0.39, 0.29) is 36.2 Å². The van der Waals surface area contributed by atoms with E-state index in [0.717, 1.165) is 0 Å². The van der Waals surface area contributed by atoms with Gasteiger partial charge in [0.2, 0.25) is 21.8 Å². The summed E-state index contributed by atoms with van der Waals surface area (Å²) in [4.78, 5) is 26.0. The predicted octanol–water partition coefficient (Wildman–Crippen LogP) is 2.50. The molecule has 0 heterocycles. The first-order chi connectivity index (χ1) is 14.2. The second-order valence-corrected chi connectivity index (χ2v) is 8.50. The first-order valence-electron chi connectivity index (χ1n) is 9.22. The van der Waals surface area contributed by atoms with E-state index in [2.05, 4.69) is 10.0 Å². The monoisotopic (exact) mass is 453 g/mol. The summed E-state index contributed by atoms with van der Waals surface area (Å²) in [5.41, 5.74) is 0.553. The number of hydrogen-bond acceptors (Lipinski definition) is 5. The van der Waals surface area contributed by atoms with Crippen LogP contribution in [0.5, 0.6) is 5.75 Å². The molecule has 8 nitrogen and oxygen atoms in total. The predicted molar refractivity (Wildman–Crippen MR) is 115 cm³/mol. The highest BCUT2D eigenvalue weighted by Crippen LogP contribution is 2.17. The van der Waals surface area contributed by atoms with Crippen molar-refractivity contribution in [2.45, 2.75) is 18.2 Å². The van der Waals surface area contributed by atoms with Gasteiger partial charge in [-0.3, -0.25) is 9.59 Å².